The van der Waals surface area contributed by atoms with Crippen molar-refractivity contribution in [2.45, 2.75) is 46.1 Å². The van der Waals surface area contributed by atoms with E-state index in [4.69, 9.17) is 16.3 Å². The van der Waals surface area contributed by atoms with Gasteiger partial charge in [-0.25, -0.2) is 0 Å². The number of hydrogen-bond donors (Lipinski definition) is 0. The summed E-state index contributed by atoms with van der Waals surface area (Å²) in [6, 6.07) is 7.91. The molecule has 1 aliphatic rings. The molecule has 4 heteroatoms. The monoisotopic (exact) mass is 369 g/mol. The highest BCUT2D eigenvalue weighted by Crippen LogP contribution is 2.42. The van der Waals surface area contributed by atoms with Gasteiger partial charge in [-0.3, -0.25) is 0 Å². The molecule has 1 aromatic rings. The smallest absolute Gasteiger partial charge is 0.134 e. The molecule has 21 heavy (non-hydrogen) atoms. The first kappa shape index (κ1) is 16.6. The molecule has 0 saturated heterocycles. The molecule has 3 unspecified atom stereocenters. The van der Waals surface area contributed by atoms with Gasteiger partial charge in [-0.1, -0.05) is 32.4 Å². The third-order valence-electron chi connectivity index (χ3n) is 4.35. The zero-order valence-corrected chi connectivity index (χ0v) is 15.0. The summed E-state index contributed by atoms with van der Waals surface area (Å²) < 4.78 is 6.98. The van der Waals surface area contributed by atoms with E-state index in [1.807, 2.05) is 18.2 Å². The van der Waals surface area contributed by atoms with Gasteiger partial charge < -0.3 is 4.74 Å². The third kappa shape index (κ3) is 4.14. The highest BCUT2D eigenvalue weighted by Gasteiger charge is 2.37. The van der Waals surface area contributed by atoms with E-state index in [-0.39, 0.29) is 17.4 Å². The topological polar surface area (TPSA) is 33.0 Å². The van der Waals surface area contributed by atoms with Crippen molar-refractivity contribution in [3.8, 4) is 11.8 Å². The van der Waals surface area contributed by atoms with Gasteiger partial charge in [0, 0.05) is 5.02 Å². The lowest BCUT2D eigenvalue weighted by Gasteiger charge is -2.39. The lowest BCUT2D eigenvalue weighted by molar-refractivity contribution is 0.0489. The number of ether oxygens (including phenoxy) is 1. The first-order valence-corrected chi connectivity index (χ1v) is 8.49. The van der Waals surface area contributed by atoms with Gasteiger partial charge in [0.1, 0.15) is 11.9 Å². The van der Waals surface area contributed by atoms with E-state index in [0.29, 0.717) is 10.9 Å². The predicted octanol–water partition coefficient (Wildman–Crippen LogP) is 5.84. The highest BCUT2D eigenvalue weighted by atomic mass is 79.9. The number of rotatable bonds is 2. The van der Waals surface area contributed by atoms with E-state index < -0.39 is 0 Å². The van der Waals surface area contributed by atoms with Crippen LogP contribution in [0.15, 0.2) is 22.7 Å². The number of hydrogen-bond acceptors (Lipinski definition) is 2. The Morgan fingerprint density at radius 1 is 1.33 bits per heavy atom. The second-order valence-electron chi connectivity index (χ2n) is 6.84. The van der Waals surface area contributed by atoms with Gasteiger partial charge in [0.15, 0.2) is 0 Å². The lowest BCUT2D eigenvalue weighted by Crippen LogP contribution is -2.37. The summed E-state index contributed by atoms with van der Waals surface area (Å²) in [7, 11) is 0. The van der Waals surface area contributed by atoms with Gasteiger partial charge in [0.05, 0.1) is 16.5 Å². The fraction of sp³-hybridized carbons (Fsp3) is 0.588. The maximum absolute atomic E-state index is 9.38. The first-order chi connectivity index (χ1) is 9.81. The molecule has 1 fully saturated rings. The predicted molar refractivity (Wildman–Crippen MR) is 89.5 cm³/mol. The van der Waals surface area contributed by atoms with Crippen LogP contribution in [-0.4, -0.2) is 6.10 Å². The van der Waals surface area contributed by atoms with Crippen molar-refractivity contribution >= 4 is 27.5 Å². The molecule has 1 aliphatic carbocycles. The van der Waals surface area contributed by atoms with Crippen LogP contribution in [0.1, 0.15) is 40.0 Å². The molecular formula is C17H21BrClNO. The normalized spacial score (nSPS) is 26.2. The number of halogens is 2. The molecule has 0 aliphatic heterocycles. The van der Waals surface area contributed by atoms with Gasteiger partial charge in [-0.05, 0) is 64.7 Å². The Balaban J connectivity index is 2.16. The largest absolute Gasteiger partial charge is 0.488 e. The average molecular weight is 371 g/mol. The molecule has 0 radical (unpaired) electrons. The number of benzene rings is 1. The van der Waals surface area contributed by atoms with Crippen molar-refractivity contribution < 1.29 is 4.74 Å². The number of nitriles is 1. The third-order valence-corrected chi connectivity index (χ3v) is 5.21. The summed E-state index contributed by atoms with van der Waals surface area (Å²) in [4.78, 5) is 0. The zero-order chi connectivity index (χ0) is 15.6. The Hall–Kier alpha value is -0.720. The highest BCUT2D eigenvalue weighted by molar-refractivity contribution is 9.10. The molecule has 3 atom stereocenters. The van der Waals surface area contributed by atoms with Gasteiger partial charge in [0.2, 0.25) is 0 Å². The maximum Gasteiger partial charge on any atom is 0.134 e. The molecular weight excluding hydrogens is 350 g/mol. The second-order valence-corrected chi connectivity index (χ2v) is 8.13. The molecule has 0 N–H and O–H groups in total. The zero-order valence-electron chi connectivity index (χ0n) is 12.7. The van der Waals surface area contributed by atoms with Crippen LogP contribution in [0.4, 0.5) is 0 Å². The fourth-order valence-electron chi connectivity index (χ4n) is 2.93. The molecule has 0 heterocycles. The summed E-state index contributed by atoms with van der Waals surface area (Å²) in [5, 5.41) is 10.0. The lowest BCUT2D eigenvalue weighted by atomic mass is 9.69. The quantitative estimate of drug-likeness (QED) is 0.655. The summed E-state index contributed by atoms with van der Waals surface area (Å²) in [5.41, 5.74) is 0.249. The van der Waals surface area contributed by atoms with E-state index in [1.54, 1.807) is 0 Å². The van der Waals surface area contributed by atoms with Gasteiger partial charge in [0.25, 0.3) is 0 Å². The Kier molecular flexibility index (Phi) is 5.22. The van der Waals surface area contributed by atoms with Crippen LogP contribution in [0, 0.1) is 28.6 Å². The minimum atomic E-state index is -0.0505. The van der Waals surface area contributed by atoms with Crippen LogP contribution in [0.2, 0.25) is 5.02 Å². The first-order valence-electron chi connectivity index (χ1n) is 7.32. The average Bonchev–Trinajstić information content (AvgIpc) is 2.41. The molecule has 0 amide bonds. The molecule has 0 aromatic heterocycles. The van der Waals surface area contributed by atoms with Gasteiger partial charge in [-0.15, -0.1) is 0 Å². The number of nitrogens with zero attached hydrogens (tertiary/aromatic N) is 1. The minimum absolute atomic E-state index is 0.0359. The summed E-state index contributed by atoms with van der Waals surface area (Å²) in [6.07, 6.45) is 2.89. The van der Waals surface area contributed by atoms with E-state index in [0.717, 1.165) is 29.5 Å². The standard InChI is InChI=1S/C17H21BrClNO/c1-17(2,3)12-5-4-11(10-20)16(8-12)21-15-7-6-13(19)9-14(15)18/h6-7,9,11-12,16H,4-5,8H2,1-3H3. The molecule has 2 nitrogen and oxygen atoms in total. The van der Waals surface area contributed by atoms with Gasteiger partial charge in [-0.2, -0.15) is 5.26 Å². The van der Waals surface area contributed by atoms with E-state index >= 15 is 0 Å². The van der Waals surface area contributed by atoms with Crippen LogP contribution >= 0.6 is 27.5 Å². The van der Waals surface area contributed by atoms with Crippen LogP contribution < -0.4 is 4.74 Å². The van der Waals surface area contributed by atoms with Crippen molar-refractivity contribution in [3.63, 3.8) is 0 Å². The Bertz CT molecular complexity index is 547. The van der Waals surface area contributed by atoms with Crippen molar-refractivity contribution in [2.75, 3.05) is 0 Å². The van der Waals surface area contributed by atoms with Crippen LogP contribution in [0.3, 0.4) is 0 Å². The molecule has 0 bridgehead atoms. The fourth-order valence-corrected chi connectivity index (χ4v) is 3.70. The summed E-state index contributed by atoms with van der Waals surface area (Å²) in [5.74, 6) is 1.31. The molecule has 1 saturated carbocycles. The van der Waals surface area contributed by atoms with E-state index in [9.17, 15) is 5.26 Å². The molecule has 114 valence electrons. The molecule has 2 rings (SSSR count). The maximum atomic E-state index is 9.38. The van der Waals surface area contributed by atoms with Crippen LogP contribution in [0.25, 0.3) is 0 Å². The Labute approximate surface area is 140 Å². The Morgan fingerprint density at radius 3 is 2.62 bits per heavy atom. The minimum Gasteiger partial charge on any atom is -0.488 e. The van der Waals surface area contributed by atoms with E-state index in [2.05, 4.69) is 42.8 Å². The summed E-state index contributed by atoms with van der Waals surface area (Å²) >= 11 is 9.44. The molecule has 0 spiro atoms. The van der Waals surface area contributed by atoms with Crippen LogP contribution in [0.5, 0.6) is 5.75 Å². The molecule has 1 aromatic carbocycles. The summed E-state index contributed by atoms with van der Waals surface area (Å²) in [6.45, 7) is 6.79. The van der Waals surface area contributed by atoms with E-state index in [1.165, 1.54) is 0 Å². The SMILES string of the molecule is CC(C)(C)C1CCC(C#N)C(Oc2ccc(Cl)cc2Br)C1. The van der Waals surface area contributed by atoms with Crippen molar-refractivity contribution in [1.82, 2.24) is 0 Å². The van der Waals surface area contributed by atoms with Gasteiger partial charge >= 0.3 is 0 Å². The van der Waals surface area contributed by atoms with Crippen molar-refractivity contribution in [2.24, 2.45) is 17.3 Å². The second kappa shape index (κ2) is 6.58. The van der Waals surface area contributed by atoms with Crippen molar-refractivity contribution in [3.05, 3.63) is 27.7 Å². The van der Waals surface area contributed by atoms with Crippen LogP contribution in [-0.2, 0) is 0 Å². The van der Waals surface area contributed by atoms with Crippen molar-refractivity contribution in [1.29, 1.82) is 5.26 Å². The Morgan fingerprint density at radius 2 is 2.05 bits per heavy atom.